The number of benzene rings is 1. The van der Waals surface area contributed by atoms with E-state index in [0.717, 1.165) is 23.5 Å². The molecule has 3 aromatic rings. The van der Waals surface area contributed by atoms with E-state index in [9.17, 15) is 22.8 Å². The summed E-state index contributed by atoms with van der Waals surface area (Å²) in [6, 6.07) is 6.32. The lowest BCUT2D eigenvalue weighted by Crippen LogP contribution is -2.51. The number of hydrogen-bond acceptors (Lipinski definition) is 9. The van der Waals surface area contributed by atoms with Crippen molar-refractivity contribution in [2.45, 2.75) is 18.9 Å². The molecule has 1 aromatic carbocycles. The molecule has 1 amide bonds. The largest absolute Gasteiger partial charge is 0.338 e. The van der Waals surface area contributed by atoms with Crippen molar-refractivity contribution < 1.29 is 22.8 Å². The van der Waals surface area contributed by atoms with Crippen LogP contribution in [0, 0.1) is 5.82 Å². The maximum absolute atomic E-state index is 13.1. The molecule has 1 N–H and O–H groups in total. The number of halogens is 2. The third kappa shape index (κ3) is 6.95. The molecule has 4 rings (SSSR count). The van der Waals surface area contributed by atoms with Gasteiger partial charge in [-0.05, 0) is 24.1 Å². The number of amides is 1. The Morgan fingerprint density at radius 3 is 2.22 bits per heavy atom. The molecule has 11 nitrogen and oxygen atoms in total. The topological polar surface area (TPSA) is 133 Å². The summed E-state index contributed by atoms with van der Waals surface area (Å²) in [5.74, 6) is -0.301. The molecule has 196 valence electrons. The first-order valence-corrected chi connectivity index (χ1v) is 13.4. The van der Waals surface area contributed by atoms with Gasteiger partial charge in [-0.3, -0.25) is 10.0 Å². The summed E-state index contributed by atoms with van der Waals surface area (Å²) in [5, 5.41) is 10.9. The summed E-state index contributed by atoms with van der Waals surface area (Å²) in [6.07, 6.45) is 5.81. The number of carbonyl (C=O) groups is 1. The number of hydrogen-bond donors (Lipinski definition) is 1. The molecule has 1 saturated heterocycles. The number of sulfonamides is 1. The highest BCUT2D eigenvalue weighted by molar-refractivity contribution is 7.89. The Balaban J connectivity index is 1.34. The van der Waals surface area contributed by atoms with Crippen LogP contribution in [0.5, 0.6) is 0 Å². The van der Waals surface area contributed by atoms with Crippen LogP contribution in [0.1, 0.15) is 12.2 Å². The highest BCUT2D eigenvalue weighted by Gasteiger charge is 2.32. The number of anilines is 1. The van der Waals surface area contributed by atoms with Gasteiger partial charge in [0.2, 0.25) is 22.4 Å². The van der Waals surface area contributed by atoms with Crippen LogP contribution in [0.15, 0.2) is 49.1 Å². The summed E-state index contributed by atoms with van der Waals surface area (Å²) in [7, 11) is -3.81. The van der Waals surface area contributed by atoms with E-state index in [1.807, 2.05) is 17.0 Å². The van der Waals surface area contributed by atoms with Gasteiger partial charge in [0.15, 0.2) is 5.82 Å². The Morgan fingerprint density at radius 1 is 1.00 bits per heavy atom. The zero-order chi connectivity index (χ0) is 26.4. The van der Waals surface area contributed by atoms with E-state index in [4.69, 9.17) is 11.6 Å². The second-order valence-electron chi connectivity index (χ2n) is 8.44. The van der Waals surface area contributed by atoms with E-state index >= 15 is 0 Å². The minimum absolute atomic E-state index is 0.0773. The van der Waals surface area contributed by atoms with Crippen LogP contribution >= 0.6 is 11.6 Å². The molecule has 1 fully saturated rings. The molecule has 0 spiro atoms. The zero-order valence-corrected chi connectivity index (χ0v) is 21.3. The quantitative estimate of drug-likeness (QED) is 0.229. The van der Waals surface area contributed by atoms with E-state index in [2.05, 4.69) is 19.9 Å². The monoisotopic (exact) mass is 549 g/mol. The lowest BCUT2D eigenvalue weighted by molar-refractivity contribution is -0.158. The predicted molar refractivity (Wildman–Crippen MR) is 134 cm³/mol. The van der Waals surface area contributed by atoms with Crippen molar-refractivity contribution in [3.63, 3.8) is 0 Å². The summed E-state index contributed by atoms with van der Waals surface area (Å²) in [4.78, 5) is 29.6. The van der Waals surface area contributed by atoms with Gasteiger partial charge in [0.25, 0.3) is 0 Å². The number of aryl methyl sites for hydroxylation is 1. The molecule has 14 heteroatoms. The summed E-state index contributed by atoms with van der Waals surface area (Å²) >= 11 is 5.93. The molecular weight excluding hydrogens is 525 g/mol. The average Bonchev–Trinajstić information content (AvgIpc) is 2.92. The Bertz CT molecular complexity index is 1290. The minimum atomic E-state index is -3.81. The first kappa shape index (κ1) is 26.8. The lowest BCUT2D eigenvalue weighted by Gasteiger charge is -2.35. The first-order chi connectivity index (χ1) is 17.7. The molecule has 1 aliphatic rings. The van der Waals surface area contributed by atoms with E-state index in [0.29, 0.717) is 29.1 Å². The molecule has 0 radical (unpaired) electrons. The molecule has 1 atom stereocenters. The SMILES string of the molecule is O=CN(O)C(CCc1ncc(F)cn1)CS(=O)(=O)N1CCN(c2ncc(-c3ccc(Cl)cc3)cn2)CC1. The maximum atomic E-state index is 13.1. The van der Waals surface area contributed by atoms with Gasteiger partial charge in [-0.1, -0.05) is 23.7 Å². The summed E-state index contributed by atoms with van der Waals surface area (Å²) in [6.45, 7) is 1.16. The Hall–Kier alpha value is -3.26. The number of aromatic nitrogens is 4. The number of hydroxylamine groups is 2. The van der Waals surface area contributed by atoms with Crippen LogP contribution in [-0.2, 0) is 21.2 Å². The van der Waals surface area contributed by atoms with Crippen molar-refractivity contribution in [1.29, 1.82) is 0 Å². The molecule has 1 aliphatic heterocycles. The van der Waals surface area contributed by atoms with Gasteiger partial charge >= 0.3 is 0 Å². The fourth-order valence-corrected chi connectivity index (χ4v) is 5.79. The fraction of sp³-hybridized carbons (Fsp3) is 0.348. The fourth-order valence-electron chi connectivity index (χ4n) is 3.93. The molecule has 3 heterocycles. The first-order valence-electron chi connectivity index (χ1n) is 11.4. The number of nitrogens with zero attached hydrogens (tertiary/aromatic N) is 7. The number of piperazine rings is 1. The van der Waals surface area contributed by atoms with Gasteiger partial charge < -0.3 is 4.90 Å². The Morgan fingerprint density at radius 2 is 1.62 bits per heavy atom. The van der Waals surface area contributed by atoms with E-state index in [1.165, 1.54) is 4.31 Å². The van der Waals surface area contributed by atoms with Crippen molar-refractivity contribution >= 4 is 34.0 Å². The van der Waals surface area contributed by atoms with Crippen molar-refractivity contribution in [3.05, 3.63) is 65.7 Å². The normalized spacial score (nSPS) is 15.4. The molecule has 37 heavy (non-hydrogen) atoms. The summed E-state index contributed by atoms with van der Waals surface area (Å²) < 4.78 is 40.5. The van der Waals surface area contributed by atoms with Gasteiger partial charge in [-0.25, -0.2) is 37.8 Å². The van der Waals surface area contributed by atoms with Crippen molar-refractivity contribution in [2.75, 3.05) is 36.8 Å². The number of carbonyl (C=O) groups excluding carboxylic acids is 1. The second-order valence-corrected chi connectivity index (χ2v) is 10.9. The molecule has 2 aromatic heterocycles. The smallest absolute Gasteiger partial charge is 0.233 e. The van der Waals surface area contributed by atoms with E-state index in [-0.39, 0.29) is 38.2 Å². The molecule has 0 aliphatic carbocycles. The van der Waals surface area contributed by atoms with E-state index in [1.54, 1.807) is 24.5 Å². The third-order valence-electron chi connectivity index (χ3n) is 5.99. The Kier molecular flexibility index (Phi) is 8.59. The zero-order valence-electron chi connectivity index (χ0n) is 19.7. The summed E-state index contributed by atoms with van der Waals surface area (Å²) in [5.41, 5.74) is 1.77. The maximum Gasteiger partial charge on any atom is 0.233 e. The molecule has 1 unspecified atom stereocenters. The van der Waals surface area contributed by atoms with Crippen LogP contribution in [0.25, 0.3) is 11.1 Å². The van der Waals surface area contributed by atoms with Crippen LogP contribution in [0.2, 0.25) is 5.02 Å². The van der Waals surface area contributed by atoms with Gasteiger partial charge in [0.1, 0.15) is 5.82 Å². The van der Waals surface area contributed by atoms with Gasteiger partial charge in [0, 0.05) is 55.6 Å². The van der Waals surface area contributed by atoms with Crippen molar-refractivity contribution in [3.8, 4) is 11.1 Å². The third-order valence-corrected chi connectivity index (χ3v) is 8.20. The molecular formula is C23H25ClFN7O4S. The van der Waals surface area contributed by atoms with Crippen LogP contribution in [0.3, 0.4) is 0 Å². The van der Waals surface area contributed by atoms with Crippen molar-refractivity contribution in [2.24, 2.45) is 0 Å². The van der Waals surface area contributed by atoms with E-state index < -0.39 is 27.6 Å². The molecule has 0 saturated carbocycles. The Labute approximate surface area is 218 Å². The van der Waals surface area contributed by atoms with Crippen LogP contribution in [-0.4, -0.2) is 87.3 Å². The van der Waals surface area contributed by atoms with Gasteiger partial charge in [-0.2, -0.15) is 4.31 Å². The highest BCUT2D eigenvalue weighted by Crippen LogP contribution is 2.22. The van der Waals surface area contributed by atoms with Gasteiger partial charge in [0.05, 0.1) is 24.2 Å². The predicted octanol–water partition coefficient (Wildman–Crippen LogP) is 2.03. The van der Waals surface area contributed by atoms with Gasteiger partial charge in [-0.15, -0.1) is 0 Å². The lowest BCUT2D eigenvalue weighted by atomic mass is 10.1. The van der Waals surface area contributed by atoms with Crippen LogP contribution < -0.4 is 4.90 Å². The number of rotatable bonds is 10. The minimum Gasteiger partial charge on any atom is -0.338 e. The highest BCUT2D eigenvalue weighted by atomic mass is 35.5. The second kappa shape index (κ2) is 11.9. The standard InChI is InChI=1S/C23H25ClFN7O4S/c24-19-3-1-17(2-4-19)18-11-28-23(29-12-18)30-7-9-31(10-8-30)37(35,36)15-21(32(34)16-33)5-6-22-26-13-20(25)14-27-22/h1-4,11-14,16,21,34H,5-10,15H2. The molecule has 0 bridgehead atoms. The van der Waals surface area contributed by atoms with Crippen molar-refractivity contribution in [1.82, 2.24) is 29.3 Å². The average molecular weight is 550 g/mol. The van der Waals surface area contributed by atoms with Crippen LogP contribution in [0.4, 0.5) is 10.3 Å².